The van der Waals surface area contributed by atoms with E-state index in [2.05, 4.69) is 23.2 Å². The maximum absolute atomic E-state index is 6.39. The average Bonchev–Trinajstić information content (AvgIpc) is 2.62. The van der Waals surface area contributed by atoms with Gasteiger partial charge in [-0.2, -0.15) is 0 Å². The zero-order valence-electron chi connectivity index (χ0n) is 15.2. The number of ether oxygens (including phenoxy) is 2. The van der Waals surface area contributed by atoms with Crippen molar-refractivity contribution >= 4 is 34.6 Å². The summed E-state index contributed by atoms with van der Waals surface area (Å²) in [6, 6.07) is 11.7. The van der Waals surface area contributed by atoms with Crippen molar-refractivity contribution in [3.05, 3.63) is 52.5 Å². The van der Waals surface area contributed by atoms with E-state index < -0.39 is 0 Å². The van der Waals surface area contributed by atoms with Gasteiger partial charge in [-0.25, -0.2) is 0 Å². The molecule has 0 aliphatic carbocycles. The van der Waals surface area contributed by atoms with Gasteiger partial charge in [-0.1, -0.05) is 29.8 Å². The Kier molecular flexibility index (Phi) is 5.89. The molecule has 2 aromatic rings. The van der Waals surface area contributed by atoms with Crippen LogP contribution in [0.1, 0.15) is 18.1 Å². The molecule has 1 aliphatic heterocycles. The van der Waals surface area contributed by atoms with Gasteiger partial charge in [0.2, 0.25) is 0 Å². The Hall–Kier alpha value is -1.98. The van der Waals surface area contributed by atoms with Gasteiger partial charge in [-0.3, -0.25) is 0 Å². The van der Waals surface area contributed by atoms with Crippen molar-refractivity contribution in [1.29, 1.82) is 0 Å². The van der Waals surface area contributed by atoms with Crippen LogP contribution in [0, 0.1) is 13.8 Å². The molecule has 0 fully saturated rings. The molecule has 0 saturated heterocycles. The minimum Gasteiger partial charge on any atom is -0.486 e. The summed E-state index contributed by atoms with van der Waals surface area (Å²) in [5.74, 6) is 1.56. The smallest absolute Gasteiger partial charge is 0.173 e. The first-order chi connectivity index (χ1) is 12.5. The highest BCUT2D eigenvalue weighted by molar-refractivity contribution is 7.80. The van der Waals surface area contributed by atoms with Gasteiger partial charge in [0.25, 0.3) is 0 Å². The number of halogens is 1. The van der Waals surface area contributed by atoms with Gasteiger partial charge < -0.3 is 19.7 Å². The Labute approximate surface area is 165 Å². The van der Waals surface area contributed by atoms with Crippen LogP contribution in [-0.2, 0) is 0 Å². The van der Waals surface area contributed by atoms with E-state index in [4.69, 9.17) is 33.3 Å². The quantitative estimate of drug-likeness (QED) is 0.757. The number of nitrogens with zero attached hydrogens (tertiary/aromatic N) is 1. The second-order valence-electron chi connectivity index (χ2n) is 6.41. The number of hydrogen-bond acceptors (Lipinski definition) is 3. The third-order valence-corrected chi connectivity index (χ3v) is 4.98. The van der Waals surface area contributed by atoms with Gasteiger partial charge in [0.1, 0.15) is 6.61 Å². The minimum absolute atomic E-state index is 0.0841. The van der Waals surface area contributed by atoms with Crippen molar-refractivity contribution in [3.63, 3.8) is 0 Å². The predicted molar refractivity (Wildman–Crippen MR) is 111 cm³/mol. The molecule has 26 heavy (non-hydrogen) atoms. The molecule has 0 spiro atoms. The van der Waals surface area contributed by atoms with Crippen LogP contribution in [0.25, 0.3) is 0 Å². The first kappa shape index (κ1) is 18.8. The lowest BCUT2D eigenvalue weighted by molar-refractivity contribution is 0.0754. The zero-order valence-corrected chi connectivity index (χ0v) is 16.8. The average molecular weight is 391 g/mol. The summed E-state index contributed by atoms with van der Waals surface area (Å²) >= 11 is 12.0. The molecular formula is C20H23ClN2O2S. The van der Waals surface area contributed by atoms with Crippen molar-refractivity contribution in [2.24, 2.45) is 0 Å². The van der Waals surface area contributed by atoms with Crippen molar-refractivity contribution in [2.45, 2.75) is 26.9 Å². The fraction of sp³-hybridized carbons (Fsp3) is 0.350. The summed E-state index contributed by atoms with van der Waals surface area (Å²) < 4.78 is 11.8. The van der Waals surface area contributed by atoms with Gasteiger partial charge >= 0.3 is 0 Å². The van der Waals surface area contributed by atoms with E-state index in [9.17, 15) is 0 Å². The fourth-order valence-corrected chi connectivity index (χ4v) is 3.69. The lowest BCUT2D eigenvalue weighted by atomic mass is 10.1. The summed E-state index contributed by atoms with van der Waals surface area (Å²) in [6.45, 7) is 8.01. The maximum atomic E-state index is 6.39. The normalized spacial score (nSPS) is 15.5. The molecule has 0 bridgehead atoms. The molecule has 0 saturated carbocycles. The topological polar surface area (TPSA) is 33.7 Å². The number of likely N-dealkylation sites (N-methyl/N-ethyl adjacent to an activating group) is 1. The van der Waals surface area contributed by atoms with Crippen LogP contribution in [0.5, 0.6) is 11.5 Å². The summed E-state index contributed by atoms with van der Waals surface area (Å²) in [4.78, 5) is 2.06. The highest BCUT2D eigenvalue weighted by atomic mass is 35.5. The first-order valence-electron chi connectivity index (χ1n) is 8.69. The zero-order chi connectivity index (χ0) is 18.7. The number of nitrogens with one attached hydrogen (secondary N) is 1. The summed E-state index contributed by atoms with van der Waals surface area (Å²) in [7, 11) is 0. The largest absolute Gasteiger partial charge is 0.486 e. The van der Waals surface area contributed by atoms with E-state index in [1.165, 1.54) is 0 Å². The Morgan fingerprint density at radius 1 is 1.27 bits per heavy atom. The van der Waals surface area contributed by atoms with Crippen LogP contribution in [0.15, 0.2) is 36.4 Å². The van der Waals surface area contributed by atoms with Crippen molar-refractivity contribution in [1.82, 2.24) is 4.90 Å². The first-order valence-corrected chi connectivity index (χ1v) is 9.47. The van der Waals surface area contributed by atoms with Gasteiger partial charge in [-0.15, -0.1) is 0 Å². The van der Waals surface area contributed by atoms with E-state index in [0.717, 1.165) is 34.9 Å². The molecule has 4 nitrogen and oxygen atoms in total. The standard InChI is InChI=1S/C20H23ClN2O2S/c1-4-23(11-15-12-24-17-7-5-6-8-18(17)25-15)20(26)22-19-14(3)9-13(2)10-16(19)21/h5-10,15H,4,11-12H2,1-3H3,(H,22,26)/t15-/m0/s1. The Balaban J connectivity index is 1.67. The molecule has 2 aromatic carbocycles. The monoisotopic (exact) mass is 390 g/mol. The second-order valence-corrected chi connectivity index (χ2v) is 7.20. The Bertz CT molecular complexity index is 789. The molecule has 1 N–H and O–H groups in total. The highest BCUT2D eigenvalue weighted by Crippen LogP contribution is 2.31. The molecule has 1 aliphatic rings. The van der Waals surface area contributed by atoms with Crippen molar-refractivity contribution in [3.8, 4) is 11.5 Å². The Morgan fingerprint density at radius 3 is 2.69 bits per heavy atom. The third-order valence-electron chi connectivity index (χ3n) is 4.32. The number of anilines is 1. The fourth-order valence-electron chi connectivity index (χ4n) is 3.01. The number of aryl methyl sites for hydroxylation is 2. The van der Waals surface area contributed by atoms with Gasteiger partial charge in [0.15, 0.2) is 22.7 Å². The number of fused-ring (bicyclic) bond motifs is 1. The minimum atomic E-state index is -0.0841. The number of hydrogen-bond donors (Lipinski definition) is 1. The van der Waals surface area contributed by atoms with E-state index in [-0.39, 0.29) is 6.10 Å². The summed E-state index contributed by atoms with van der Waals surface area (Å²) in [5, 5.41) is 4.60. The molecule has 1 heterocycles. The molecule has 3 rings (SSSR count). The molecule has 0 unspecified atom stereocenters. The molecule has 138 valence electrons. The van der Waals surface area contributed by atoms with Crippen molar-refractivity contribution < 1.29 is 9.47 Å². The Morgan fingerprint density at radius 2 is 2.00 bits per heavy atom. The number of para-hydroxylation sites is 2. The lowest BCUT2D eigenvalue weighted by Crippen LogP contribution is -2.45. The van der Waals surface area contributed by atoms with Crippen LogP contribution in [-0.4, -0.2) is 35.8 Å². The SMILES string of the molecule is CCN(C[C@H]1COc2ccccc2O1)C(=S)Nc1c(C)cc(C)cc1Cl. The summed E-state index contributed by atoms with van der Waals surface area (Å²) in [6.07, 6.45) is -0.0841. The maximum Gasteiger partial charge on any atom is 0.173 e. The van der Waals surface area contributed by atoms with E-state index in [0.29, 0.717) is 23.3 Å². The molecule has 0 radical (unpaired) electrons. The number of thiocarbonyl (C=S) groups is 1. The molecule has 1 atom stereocenters. The molecule has 0 aromatic heterocycles. The summed E-state index contributed by atoms with van der Waals surface area (Å²) in [5.41, 5.74) is 3.05. The molecular weight excluding hydrogens is 368 g/mol. The molecule has 0 amide bonds. The van der Waals surface area contributed by atoms with E-state index in [1.54, 1.807) is 0 Å². The van der Waals surface area contributed by atoms with Crippen LogP contribution in [0.2, 0.25) is 5.02 Å². The second kappa shape index (κ2) is 8.14. The van der Waals surface area contributed by atoms with E-state index >= 15 is 0 Å². The van der Waals surface area contributed by atoms with Crippen LogP contribution in [0.4, 0.5) is 5.69 Å². The van der Waals surface area contributed by atoms with Gasteiger partial charge in [0.05, 0.1) is 17.3 Å². The number of rotatable bonds is 4. The predicted octanol–water partition coefficient (Wildman–Crippen LogP) is 4.82. The lowest BCUT2D eigenvalue weighted by Gasteiger charge is -2.32. The highest BCUT2D eigenvalue weighted by Gasteiger charge is 2.24. The van der Waals surface area contributed by atoms with Crippen molar-refractivity contribution in [2.75, 3.05) is 25.0 Å². The number of benzene rings is 2. The van der Waals surface area contributed by atoms with E-state index in [1.807, 2.05) is 44.2 Å². The van der Waals surface area contributed by atoms with Gasteiger partial charge in [-0.05, 0) is 62.3 Å². The van der Waals surface area contributed by atoms with Crippen LogP contribution >= 0.6 is 23.8 Å². The van der Waals surface area contributed by atoms with Crippen LogP contribution < -0.4 is 14.8 Å². The van der Waals surface area contributed by atoms with Crippen LogP contribution in [0.3, 0.4) is 0 Å². The third kappa shape index (κ3) is 4.22. The van der Waals surface area contributed by atoms with Gasteiger partial charge in [0, 0.05) is 6.54 Å². The molecule has 6 heteroatoms.